The average molecular weight is 367 g/mol. The third-order valence-corrected chi connectivity index (χ3v) is 5.26. The van der Waals surface area contributed by atoms with Crippen LogP contribution >= 0.6 is 27.3 Å². The summed E-state index contributed by atoms with van der Waals surface area (Å²) in [6.07, 6.45) is 0. The standard InChI is InChI=1S/C13H11BrN4O2S/c1-6-10(14)7(2)18(13(20)15-6)5-9-16-8-3-4-21-11(8)12(19)17-9/h3-4H,5H2,1-2H3,(H,16,17,19). The zero-order chi connectivity index (χ0) is 15.1. The Morgan fingerprint density at radius 3 is 2.86 bits per heavy atom. The van der Waals surface area contributed by atoms with Crippen LogP contribution in [0.4, 0.5) is 0 Å². The highest BCUT2D eigenvalue weighted by Crippen LogP contribution is 2.18. The van der Waals surface area contributed by atoms with E-state index in [1.54, 1.807) is 13.0 Å². The molecule has 6 nitrogen and oxygen atoms in total. The van der Waals surface area contributed by atoms with Gasteiger partial charge in [-0.2, -0.15) is 4.98 Å². The molecule has 1 N–H and O–H groups in total. The fraction of sp³-hybridized carbons (Fsp3) is 0.231. The Labute approximate surface area is 131 Å². The molecule has 8 heteroatoms. The van der Waals surface area contributed by atoms with Crippen molar-refractivity contribution < 1.29 is 0 Å². The predicted molar refractivity (Wildman–Crippen MR) is 85.0 cm³/mol. The number of aromatic nitrogens is 4. The van der Waals surface area contributed by atoms with Gasteiger partial charge in [0, 0.05) is 5.69 Å². The summed E-state index contributed by atoms with van der Waals surface area (Å²) in [7, 11) is 0. The Kier molecular flexibility index (Phi) is 3.50. The predicted octanol–water partition coefficient (Wildman–Crippen LogP) is 1.97. The number of nitrogens with zero attached hydrogens (tertiary/aromatic N) is 3. The van der Waals surface area contributed by atoms with Crippen LogP contribution in [-0.2, 0) is 6.54 Å². The number of H-pyrrole nitrogens is 1. The van der Waals surface area contributed by atoms with Crippen molar-refractivity contribution in [1.82, 2.24) is 19.5 Å². The molecule has 0 aliphatic heterocycles. The minimum absolute atomic E-state index is 0.178. The summed E-state index contributed by atoms with van der Waals surface area (Å²) in [6.45, 7) is 3.76. The van der Waals surface area contributed by atoms with Gasteiger partial charge in [0.15, 0.2) is 0 Å². The van der Waals surface area contributed by atoms with E-state index in [2.05, 4.69) is 30.9 Å². The number of nitrogens with one attached hydrogen (secondary N) is 1. The molecule has 0 aliphatic rings. The van der Waals surface area contributed by atoms with Gasteiger partial charge in [-0.3, -0.25) is 9.36 Å². The number of aryl methyl sites for hydroxylation is 1. The first kappa shape index (κ1) is 14.2. The van der Waals surface area contributed by atoms with Gasteiger partial charge in [0.1, 0.15) is 10.5 Å². The Balaban J connectivity index is 2.13. The highest BCUT2D eigenvalue weighted by molar-refractivity contribution is 9.10. The first-order chi connectivity index (χ1) is 9.97. The van der Waals surface area contributed by atoms with Crippen LogP contribution in [0.25, 0.3) is 10.2 Å². The third kappa shape index (κ3) is 2.44. The van der Waals surface area contributed by atoms with E-state index >= 15 is 0 Å². The van der Waals surface area contributed by atoms with Crippen molar-refractivity contribution >= 4 is 37.5 Å². The smallest absolute Gasteiger partial charge is 0.308 e. The summed E-state index contributed by atoms with van der Waals surface area (Å²) in [5, 5.41) is 1.82. The molecule has 0 saturated carbocycles. The molecule has 0 amide bonds. The highest BCUT2D eigenvalue weighted by atomic mass is 79.9. The maximum absolute atomic E-state index is 12.0. The largest absolute Gasteiger partial charge is 0.348 e. The van der Waals surface area contributed by atoms with Crippen LogP contribution < -0.4 is 11.2 Å². The summed E-state index contributed by atoms with van der Waals surface area (Å²) in [4.78, 5) is 35.0. The van der Waals surface area contributed by atoms with Crippen molar-refractivity contribution in [2.45, 2.75) is 20.4 Å². The second kappa shape index (κ2) is 5.19. The molecule has 3 aromatic heterocycles. The van der Waals surface area contributed by atoms with E-state index in [1.165, 1.54) is 15.9 Å². The number of fused-ring (bicyclic) bond motifs is 1. The molecular formula is C13H11BrN4O2S. The molecule has 0 aromatic carbocycles. The second-order valence-electron chi connectivity index (χ2n) is 4.61. The number of rotatable bonds is 2. The molecule has 3 rings (SSSR count). The van der Waals surface area contributed by atoms with Gasteiger partial charge in [-0.15, -0.1) is 11.3 Å². The van der Waals surface area contributed by atoms with Crippen molar-refractivity contribution in [2.75, 3.05) is 0 Å². The van der Waals surface area contributed by atoms with Crippen molar-refractivity contribution in [1.29, 1.82) is 0 Å². The molecule has 0 bridgehead atoms. The molecular weight excluding hydrogens is 356 g/mol. The molecule has 0 spiro atoms. The topological polar surface area (TPSA) is 80.6 Å². The SMILES string of the molecule is Cc1nc(=O)n(Cc2nc3ccsc3c(=O)[nH]2)c(C)c1Br. The molecule has 0 fully saturated rings. The normalized spacial score (nSPS) is 11.2. The molecule has 0 aliphatic carbocycles. The fourth-order valence-corrected chi connectivity index (χ4v) is 3.14. The maximum atomic E-state index is 12.0. The van der Waals surface area contributed by atoms with E-state index in [4.69, 9.17) is 0 Å². The molecule has 0 radical (unpaired) electrons. The van der Waals surface area contributed by atoms with Crippen LogP contribution in [0.2, 0.25) is 0 Å². The van der Waals surface area contributed by atoms with Crippen LogP contribution in [-0.4, -0.2) is 19.5 Å². The number of aromatic amines is 1. The lowest BCUT2D eigenvalue weighted by Crippen LogP contribution is -2.28. The average Bonchev–Trinajstić information content (AvgIpc) is 2.90. The van der Waals surface area contributed by atoms with Crippen molar-refractivity contribution in [2.24, 2.45) is 0 Å². The van der Waals surface area contributed by atoms with E-state index in [0.717, 1.165) is 10.2 Å². The van der Waals surface area contributed by atoms with Gasteiger partial charge in [-0.25, -0.2) is 9.78 Å². The van der Waals surface area contributed by atoms with Gasteiger partial charge in [0.2, 0.25) is 0 Å². The minimum Gasteiger partial charge on any atom is -0.308 e. The summed E-state index contributed by atoms with van der Waals surface area (Å²) < 4.78 is 2.85. The van der Waals surface area contributed by atoms with E-state index in [0.29, 0.717) is 21.7 Å². The molecule has 3 heterocycles. The van der Waals surface area contributed by atoms with Crippen molar-refractivity contribution in [3.63, 3.8) is 0 Å². The van der Waals surface area contributed by atoms with Gasteiger partial charge in [-0.1, -0.05) is 0 Å². The number of halogens is 1. The Bertz CT molecular complexity index is 957. The Morgan fingerprint density at radius 2 is 2.10 bits per heavy atom. The molecule has 0 saturated heterocycles. The summed E-state index contributed by atoms with van der Waals surface area (Å²) in [6, 6.07) is 1.79. The van der Waals surface area contributed by atoms with Gasteiger partial charge in [0.05, 0.1) is 22.2 Å². The first-order valence-corrected chi connectivity index (χ1v) is 7.84. The summed E-state index contributed by atoms with van der Waals surface area (Å²) in [5.41, 5.74) is 1.49. The van der Waals surface area contributed by atoms with Crippen molar-refractivity contribution in [3.8, 4) is 0 Å². The molecule has 0 unspecified atom stereocenters. The van der Waals surface area contributed by atoms with Gasteiger partial charge >= 0.3 is 5.69 Å². The van der Waals surface area contributed by atoms with Gasteiger partial charge in [-0.05, 0) is 41.2 Å². The Morgan fingerprint density at radius 1 is 1.33 bits per heavy atom. The summed E-state index contributed by atoms with van der Waals surface area (Å²) in [5.74, 6) is 0.439. The van der Waals surface area contributed by atoms with E-state index in [1.807, 2.05) is 12.3 Å². The van der Waals surface area contributed by atoms with Crippen LogP contribution in [0.5, 0.6) is 0 Å². The lowest BCUT2D eigenvalue weighted by molar-refractivity contribution is 0.660. The zero-order valence-corrected chi connectivity index (χ0v) is 13.7. The minimum atomic E-state index is -0.360. The van der Waals surface area contributed by atoms with Crippen LogP contribution in [0, 0.1) is 13.8 Å². The number of thiophene rings is 1. The zero-order valence-electron chi connectivity index (χ0n) is 11.3. The number of hydrogen-bond acceptors (Lipinski definition) is 5. The van der Waals surface area contributed by atoms with Crippen molar-refractivity contribution in [3.05, 3.63) is 54.0 Å². The van der Waals surface area contributed by atoms with E-state index < -0.39 is 0 Å². The number of hydrogen-bond donors (Lipinski definition) is 1. The lowest BCUT2D eigenvalue weighted by atomic mass is 10.3. The fourth-order valence-electron chi connectivity index (χ4n) is 2.11. The maximum Gasteiger partial charge on any atom is 0.348 e. The third-order valence-electron chi connectivity index (χ3n) is 3.21. The quantitative estimate of drug-likeness (QED) is 0.751. The highest BCUT2D eigenvalue weighted by Gasteiger charge is 2.12. The first-order valence-electron chi connectivity index (χ1n) is 6.17. The second-order valence-corrected chi connectivity index (χ2v) is 6.32. The van der Waals surface area contributed by atoms with Crippen LogP contribution in [0.1, 0.15) is 17.2 Å². The van der Waals surface area contributed by atoms with Crippen LogP contribution in [0.15, 0.2) is 25.5 Å². The lowest BCUT2D eigenvalue weighted by Gasteiger charge is -2.11. The monoisotopic (exact) mass is 366 g/mol. The molecule has 21 heavy (non-hydrogen) atoms. The Hall–Kier alpha value is -1.80. The molecule has 0 atom stereocenters. The van der Waals surface area contributed by atoms with Crippen LogP contribution in [0.3, 0.4) is 0 Å². The summed E-state index contributed by atoms with van der Waals surface area (Å²) >= 11 is 4.76. The molecule has 108 valence electrons. The molecule has 3 aromatic rings. The van der Waals surface area contributed by atoms with Gasteiger partial charge in [0.25, 0.3) is 5.56 Å². The van der Waals surface area contributed by atoms with E-state index in [-0.39, 0.29) is 17.8 Å². The van der Waals surface area contributed by atoms with Gasteiger partial charge < -0.3 is 4.98 Å². The van der Waals surface area contributed by atoms with E-state index in [9.17, 15) is 9.59 Å².